The second-order valence-corrected chi connectivity index (χ2v) is 7.71. The first-order valence-electron chi connectivity index (χ1n) is 9.66. The summed E-state index contributed by atoms with van der Waals surface area (Å²) < 4.78 is 18.7. The molecule has 2 fully saturated rings. The lowest BCUT2D eigenvalue weighted by Crippen LogP contribution is -2.38. The van der Waals surface area contributed by atoms with Crippen molar-refractivity contribution in [3.63, 3.8) is 0 Å². The Morgan fingerprint density at radius 1 is 0.962 bits per heavy atom. The fraction of sp³-hybridized carbons (Fsp3) is 0.455. The van der Waals surface area contributed by atoms with Gasteiger partial charge in [-0.1, -0.05) is 24.3 Å². The zero-order valence-corrected chi connectivity index (χ0v) is 15.0. The van der Waals surface area contributed by atoms with Gasteiger partial charge < -0.3 is 15.8 Å². The Morgan fingerprint density at radius 3 is 2.35 bits per heavy atom. The minimum Gasteiger partial charge on any atom is -0.489 e. The highest BCUT2D eigenvalue weighted by molar-refractivity contribution is 5.34. The minimum absolute atomic E-state index is 0.221. The van der Waals surface area contributed by atoms with Gasteiger partial charge in [-0.15, -0.1) is 0 Å². The first-order valence-corrected chi connectivity index (χ1v) is 9.66. The van der Waals surface area contributed by atoms with Crippen molar-refractivity contribution in [3.05, 3.63) is 65.5 Å². The van der Waals surface area contributed by atoms with E-state index in [9.17, 15) is 4.39 Å². The molecule has 2 atom stereocenters. The minimum atomic E-state index is -0.221. The number of nitrogens with one attached hydrogen (secondary N) is 1. The molecule has 3 nitrogen and oxygen atoms in total. The summed E-state index contributed by atoms with van der Waals surface area (Å²) in [6.45, 7) is 0.455. The van der Waals surface area contributed by atoms with Crippen LogP contribution in [-0.4, -0.2) is 18.1 Å². The van der Waals surface area contributed by atoms with Gasteiger partial charge in [0, 0.05) is 24.0 Å². The zero-order chi connectivity index (χ0) is 17.9. The van der Waals surface area contributed by atoms with Crippen molar-refractivity contribution >= 4 is 0 Å². The zero-order valence-electron chi connectivity index (χ0n) is 15.0. The van der Waals surface area contributed by atoms with E-state index in [2.05, 4.69) is 17.4 Å². The van der Waals surface area contributed by atoms with Gasteiger partial charge >= 0.3 is 0 Å². The van der Waals surface area contributed by atoms with Crippen LogP contribution in [0.4, 0.5) is 4.39 Å². The molecule has 2 aromatic rings. The van der Waals surface area contributed by atoms with Gasteiger partial charge in [0.2, 0.25) is 0 Å². The summed E-state index contributed by atoms with van der Waals surface area (Å²) in [7, 11) is 0. The molecule has 26 heavy (non-hydrogen) atoms. The van der Waals surface area contributed by atoms with Crippen molar-refractivity contribution in [2.45, 2.75) is 62.8 Å². The molecule has 0 aliphatic heterocycles. The van der Waals surface area contributed by atoms with Crippen LogP contribution in [0.3, 0.4) is 0 Å². The first-order chi connectivity index (χ1) is 12.7. The van der Waals surface area contributed by atoms with E-state index >= 15 is 0 Å². The maximum atomic E-state index is 12.9. The molecule has 0 spiro atoms. The Labute approximate surface area is 154 Å². The Hall–Kier alpha value is -1.91. The molecule has 0 heterocycles. The van der Waals surface area contributed by atoms with Crippen LogP contribution in [-0.2, 0) is 6.61 Å². The van der Waals surface area contributed by atoms with E-state index in [0.29, 0.717) is 30.7 Å². The summed E-state index contributed by atoms with van der Waals surface area (Å²) in [4.78, 5) is 0. The molecular weight excluding hydrogens is 327 g/mol. The molecule has 4 rings (SSSR count). The summed E-state index contributed by atoms with van der Waals surface area (Å²) in [5.41, 5.74) is 8.33. The highest BCUT2D eigenvalue weighted by atomic mass is 19.1. The summed E-state index contributed by atoms with van der Waals surface area (Å²) >= 11 is 0. The van der Waals surface area contributed by atoms with Gasteiger partial charge in [0.05, 0.1) is 0 Å². The van der Waals surface area contributed by atoms with E-state index in [1.807, 2.05) is 12.1 Å². The summed E-state index contributed by atoms with van der Waals surface area (Å²) in [6, 6.07) is 16.5. The van der Waals surface area contributed by atoms with Crippen molar-refractivity contribution in [3.8, 4) is 5.75 Å². The third-order valence-electron chi connectivity index (χ3n) is 5.64. The molecule has 0 radical (unpaired) electrons. The molecule has 2 aromatic carbocycles. The Morgan fingerprint density at radius 2 is 1.65 bits per heavy atom. The molecule has 3 N–H and O–H groups in total. The van der Waals surface area contributed by atoms with Crippen LogP contribution in [0.15, 0.2) is 48.5 Å². The average Bonchev–Trinajstić information content (AvgIpc) is 3.43. The van der Waals surface area contributed by atoms with Gasteiger partial charge in [0.15, 0.2) is 0 Å². The number of nitrogens with two attached hydrogens (primary N) is 1. The second-order valence-electron chi connectivity index (χ2n) is 7.71. The molecule has 4 heteroatoms. The monoisotopic (exact) mass is 354 g/mol. The van der Waals surface area contributed by atoms with Crippen LogP contribution in [0.1, 0.15) is 49.1 Å². The van der Waals surface area contributed by atoms with Gasteiger partial charge in [0.25, 0.3) is 0 Å². The van der Waals surface area contributed by atoms with E-state index in [1.165, 1.54) is 37.0 Å². The van der Waals surface area contributed by atoms with Gasteiger partial charge in [-0.05, 0) is 67.5 Å². The van der Waals surface area contributed by atoms with Crippen molar-refractivity contribution in [1.29, 1.82) is 0 Å². The van der Waals surface area contributed by atoms with Gasteiger partial charge in [0.1, 0.15) is 18.2 Å². The lowest BCUT2D eigenvalue weighted by Gasteiger charge is -2.27. The molecular formula is C22H27FN2O. The molecule has 0 saturated heterocycles. The van der Waals surface area contributed by atoms with E-state index in [1.54, 1.807) is 12.1 Å². The molecule has 0 aromatic heterocycles. The molecule has 2 saturated carbocycles. The van der Waals surface area contributed by atoms with Crippen LogP contribution in [0.5, 0.6) is 5.75 Å². The Balaban J connectivity index is 1.25. The summed E-state index contributed by atoms with van der Waals surface area (Å²) in [5.74, 6) is 1.25. The molecule has 0 amide bonds. The first kappa shape index (κ1) is 17.5. The van der Waals surface area contributed by atoms with E-state index in [-0.39, 0.29) is 5.82 Å². The Bertz CT molecular complexity index is 708. The maximum Gasteiger partial charge on any atom is 0.123 e. The normalized spacial score (nSPS) is 27.9. The van der Waals surface area contributed by atoms with Crippen molar-refractivity contribution < 1.29 is 9.13 Å². The highest BCUT2D eigenvalue weighted by Gasteiger charge is 2.39. The number of rotatable bonds is 6. The second kappa shape index (κ2) is 7.77. The fourth-order valence-electron chi connectivity index (χ4n) is 3.89. The molecule has 0 bridgehead atoms. The van der Waals surface area contributed by atoms with E-state index in [0.717, 1.165) is 24.2 Å². The quantitative estimate of drug-likeness (QED) is 0.820. The van der Waals surface area contributed by atoms with Gasteiger partial charge in [-0.3, -0.25) is 0 Å². The molecule has 138 valence electrons. The number of ether oxygens (including phenoxy) is 1. The SMILES string of the molecule is NC1CCC(N[C@H]2CC2c2ccc(OCc3ccc(F)cc3)cc2)CC1. The van der Waals surface area contributed by atoms with Crippen LogP contribution >= 0.6 is 0 Å². The van der Waals surface area contributed by atoms with Crippen molar-refractivity contribution in [1.82, 2.24) is 5.32 Å². The highest BCUT2D eigenvalue weighted by Crippen LogP contribution is 2.42. The lowest BCUT2D eigenvalue weighted by molar-refractivity contribution is 0.306. The molecule has 2 aliphatic carbocycles. The van der Waals surface area contributed by atoms with Crippen LogP contribution in [0, 0.1) is 5.82 Å². The van der Waals surface area contributed by atoms with Crippen molar-refractivity contribution in [2.75, 3.05) is 0 Å². The number of hydrogen-bond acceptors (Lipinski definition) is 3. The fourth-order valence-corrected chi connectivity index (χ4v) is 3.89. The standard InChI is InChI=1S/C22H27FN2O/c23-17-5-1-15(2-6-17)14-26-20-11-3-16(4-12-20)21-13-22(21)25-19-9-7-18(24)8-10-19/h1-6,11-12,18-19,21-22,25H,7-10,13-14,24H2/t18?,19?,21?,22-/m0/s1. The third kappa shape index (κ3) is 4.43. The predicted octanol–water partition coefficient (Wildman–Crippen LogP) is 4.12. The van der Waals surface area contributed by atoms with E-state index < -0.39 is 0 Å². The summed E-state index contributed by atoms with van der Waals surface area (Å²) in [6.07, 6.45) is 5.93. The molecule has 2 aliphatic rings. The lowest BCUT2D eigenvalue weighted by atomic mass is 9.92. The molecule has 1 unspecified atom stereocenters. The Kier molecular flexibility index (Phi) is 5.23. The summed E-state index contributed by atoms with van der Waals surface area (Å²) in [5, 5.41) is 3.81. The maximum absolute atomic E-state index is 12.9. The third-order valence-corrected chi connectivity index (χ3v) is 5.64. The van der Waals surface area contributed by atoms with Crippen LogP contribution < -0.4 is 15.8 Å². The van der Waals surface area contributed by atoms with Gasteiger partial charge in [-0.2, -0.15) is 0 Å². The van der Waals surface area contributed by atoms with Crippen molar-refractivity contribution in [2.24, 2.45) is 5.73 Å². The van der Waals surface area contributed by atoms with Gasteiger partial charge in [-0.25, -0.2) is 4.39 Å². The number of hydrogen-bond donors (Lipinski definition) is 2. The average molecular weight is 354 g/mol. The predicted molar refractivity (Wildman–Crippen MR) is 102 cm³/mol. The largest absolute Gasteiger partial charge is 0.489 e. The van der Waals surface area contributed by atoms with Crippen LogP contribution in [0.2, 0.25) is 0 Å². The number of benzene rings is 2. The van der Waals surface area contributed by atoms with Crippen LogP contribution in [0.25, 0.3) is 0 Å². The van der Waals surface area contributed by atoms with E-state index in [4.69, 9.17) is 10.5 Å². The smallest absolute Gasteiger partial charge is 0.123 e. The topological polar surface area (TPSA) is 47.3 Å². The number of halogens is 1.